The molecule has 2 N–H and O–H groups in total. The molecule has 0 saturated carbocycles. The summed E-state index contributed by atoms with van der Waals surface area (Å²) in [6.45, 7) is 7.07. The van der Waals surface area contributed by atoms with E-state index in [0.717, 1.165) is 16.8 Å². The third kappa shape index (κ3) is 5.90. The molecule has 2 aromatic carbocycles. The highest BCUT2D eigenvalue weighted by atomic mass is 35.5. The molecule has 0 aliphatic heterocycles. The number of aromatic nitrogens is 3. The van der Waals surface area contributed by atoms with Crippen molar-refractivity contribution in [2.75, 3.05) is 13.1 Å². The quantitative estimate of drug-likeness (QED) is 0.316. The summed E-state index contributed by atoms with van der Waals surface area (Å²) in [5, 5.41) is 4.82. The molecule has 0 spiro atoms. The highest BCUT2D eigenvalue weighted by Crippen LogP contribution is 2.30. The van der Waals surface area contributed by atoms with Crippen molar-refractivity contribution in [1.29, 1.82) is 0 Å². The van der Waals surface area contributed by atoms with Crippen LogP contribution in [0.25, 0.3) is 5.52 Å². The van der Waals surface area contributed by atoms with Crippen LogP contribution < -0.4 is 11.4 Å². The Bertz CT molecular complexity index is 1410. The van der Waals surface area contributed by atoms with Crippen molar-refractivity contribution < 1.29 is 4.79 Å². The number of hydrogen-bond acceptors (Lipinski definition) is 4. The Morgan fingerprint density at radius 2 is 1.78 bits per heavy atom. The van der Waals surface area contributed by atoms with Crippen molar-refractivity contribution >= 4 is 35.4 Å². The molecule has 0 saturated heterocycles. The molecule has 0 aliphatic rings. The SMILES string of the molecule is CCC(c1cc2c(Cl)c(C)nn2c(=O)n1Cc1ccccc1)N(CCCN)C(=O)c1ccc(C)cc1.Cl. The number of benzene rings is 2. The standard InChI is InChI=1S/C28H32ClN5O2.ClH/c1-4-23(32(16-8-15-30)27(35)22-13-11-19(2)12-14-22)24-17-25-26(29)20(3)31-34(25)28(36)33(24)18-21-9-6-5-7-10-21;/h5-7,9-14,17,23H,4,8,15-16,18,30H2,1-3H3;1H. The van der Waals surface area contributed by atoms with E-state index in [1.165, 1.54) is 4.52 Å². The topological polar surface area (TPSA) is 85.6 Å². The third-order valence-corrected chi connectivity index (χ3v) is 6.95. The van der Waals surface area contributed by atoms with Crippen LogP contribution in [0.3, 0.4) is 0 Å². The van der Waals surface area contributed by atoms with E-state index < -0.39 is 0 Å². The largest absolute Gasteiger partial charge is 0.349 e. The van der Waals surface area contributed by atoms with Crippen LogP contribution in [0.5, 0.6) is 0 Å². The summed E-state index contributed by atoms with van der Waals surface area (Å²) < 4.78 is 3.06. The predicted molar refractivity (Wildman–Crippen MR) is 151 cm³/mol. The second-order valence-electron chi connectivity index (χ2n) is 9.05. The summed E-state index contributed by atoms with van der Waals surface area (Å²) in [6.07, 6.45) is 1.25. The molecule has 2 aromatic heterocycles. The minimum absolute atomic E-state index is 0. The maximum absolute atomic E-state index is 13.8. The number of fused-ring (bicyclic) bond motifs is 1. The van der Waals surface area contributed by atoms with E-state index in [1.54, 1.807) is 11.5 Å². The number of hydrogen-bond donors (Lipinski definition) is 1. The summed E-state index contributed by atoms with van der Waals surface area (Å²) >= 11 is 6.55. The fourth-order valence-corrected chi connectivity index (χ4v) is 4.72. The van der Waals surface area contributed by atoms with E-state index >= 15 is 0 Å². The van der Waals surface area contributed by atoms with Gasteiger partial charge in [0.05, 0.1) is 28.8 Å². The zero-order valence-corrected chi connectivity index (χ0v) is 22.9. The van der Waals surface area contributed by atoms with Crippen molar-refractivity contribution in [3.8, 4) is 0 Å². The molecular formula is C28H33Cl2N5O2. The van der Waals surface area contributed by atoms with Gasteiger partial charge in [0.15, 0.2) is 0 Å². The minimum Gasteiger partial charge on any atom is -0.330 e. The van der Waals surface area contributed by atoms with Gasteiger partial charge in [-0.25, -0.2) is 4.79 Å². The zero-order valence-electron chi connectivity index (χ0n) is 21.4. The molecule has 1 unspecified atom stereocenters. The first-order valence-corrected chi connectivity index (χ1v) is 12.6. The second kappa shape index (κ2) is 12.4. The van der Waals surface area contributed by atoms with Crippen molar-refractivity contribution in [2.24, 2.45) is 5.73 Å². The molecule has 196 valence electrons. The summed E-state index contributed by atoms with van der Waals surface area (Å²) in [7, 11) is 0. The fourth-order valence-electron chi connectivity index (χ4n) is 4.55. The van der Waals surface area contributed by atoms with Gasteiger partial charge in [-0.1, -0.05) is 66.6 Å². The first-order chi connectivity index (χ1) is 17.3. The lowest BCUT2D eigenvalue weighted by Crippen LogP contribution is -2.40. The van der Waals surface area contributed by atoms with Crippen molar-refractivity contribution in [3.05, 3.63) is 104 Å². The molecular weight excluding hydrogens is 509 g/mol. The Hall–Kier alpha value is -3.13. The summed E-state index contributed by atoms with van der Waals surface area (Å²) in [5.41, 5.74) is 10.1. The van der Waals surface area contributed by atoms with Gasteiger partial charge in [-0.15, -0.1) is 12.4 Å². The number of nitrogens with two attached hydrogens (primary N) is 1. The Labute approximate surface area is 228 Å². The highest BCUT2D eigenvalue weighted by molar-refractivity contribution is 6.34. The number of carbonyl (C=O) groups is 1. The number of halogens is 2. The van der Waals surface area contributed by atoms with Gasteiger partial charge < -0.3 is 10.6 Å². The van der Waals surface area contributed by atoms with E-state index in [-0.39, 0.29) is 30.0 Å². The predicted octanol–water partition coefficient (Wildman–Crippen LogP) is 5.18. The van der Waals surface area contributed by atoms with Gasteiger partial charge in [0.2, 0.25) is 0 Å². The molecule has 9 heteroatoms. The van der Waals surface area contributed by atoms with Crippen LogP contribution in [0.2, 0.25) is 5.02 Å². The van der Waals surface area contributed by atoms with Crippen LogP contribution >= 0.6 is 24.0 Å². The van der Waals surface area contributed by atoms with E-state index in [2.05, 4.69) is 5.10 Å². The lowest BCUT2D eigenvalue weighted by atomic mass is 10.0. The Balaban J connectivity index is 0.00000380. The maximum Gasteiger partial charge on any atom is 0.349 e. The molecule has 0 fully saturated rings. The van der Waals surface area contributed by atoms with E-state index in [1.807, 2.05) is 79.4 Å². The average Bonchev–Trinajstić information content (AvgIpc) is 3.18. The summed E-state index contributed by atoms with van der Waals surface area (Å²) in [6, 6.07) is 18.9. The molecule has 1 atom stereocenters. The van der Waals surface area contributed by atoms with Crippen molar-refractivity contribution in [3.63, 3.8) is 0 Å². The Morgan fingerprint density at radius 1 is 1.11 bits per heavy atom. The van der Waals surface area contributed by atoms with Gasteiger partial charge >= 0.3 is 5.69 Å². The van der Waals surface area contributed by atoms with Gasteiger partial charge in [-0.05, 0) is 57.0 Å². The number of nitrogens with zero attached hydrogens (tertiary/aromatic N) is 4. The third-order valence-electron chi connectivity index (χ3n) is 6.48. The van der Waals surface area contributed by atoms with E-state index in [0.29, 0.717) is 54.3 Å². The fraction of sp³-hybridized carbons (Fsp3) is 0.321. The number of carbonyl (C=O) groups excluding carboxylic acids is 1. The van der Waals surface area contributed by atoms with Crippen LogP contribution in [0.1, 0.15) is 58.7 Å². The lowest BCUT2D eigenvalue weighted by molar-refractivity contribution is 0.0660. The molecule has 0 aliphatic carbocycles. The lowest BCUT2D eigenvalue weighted by Gasteiger charge is -2.33. The number of rotatable bonds is 9. The molecule has 0 bridgehead atoms. The van der Waals surface area contributed by atoms with Crippen LogP contribution in [-0.4, -0.2) is 38.1 Å². The number of aryl methyl sites for hydroxylation is 2. The first-order valence-electron chi connectivity index (χ1n) is 12.3. The molecule has 4 aromatic rings. The molecule has 7 nitrogen and oxygen atoms in total. The molecule has 37 heavy (non-hydrogen) atoms. The summed E-state index contributed by atoms with van der Waals surface area (Å²) in [5.74, 6) is -0.0929. The van der Waals surface area contributed by atoms with Crippen molar-refractivity contribution in [1.82, 2.24) is 19.1 Å². The van der Waals surface area contributed by atoms with E-state index in [9.17, 15) is 9.59 Å². The van der Waals surface area contributed by atoms with Gasteiger partial charge in [-0.2, -0.15) is 9.61 Å². The van der Waals surface area contributed by atoms with Gasteiger partial charge in [0.1, 0.15) is 0 Å². The Kier molecular flexibility index (Phi) is 9.54. The normalized spacial score (nSPS) is 11.8. The van der Waals surface area contributed by atoms with Crippen LogP contribution in [-0.2, 0) is 6.54 Å². The van der Waals surface area contributed by atoms with E-state index in [4.69, 9.17) is 17.3 Å². The molecule has 0 radical (unpaired) electrons. The maximum atomic E-state index is 13.8. The average molecular weight is 543 g/mol. The molecule has 1 amide bonds. The summed E-state index contributed by atoms with van der Waals surface area (Å²) in [4.78, 5) is 29.3. The first kappa shape index (κ1) is 28.4. The Morgan fingerprint density at radius 3 is 2.41 bits per heavy atom. The highest BCUT2D eigenvalue weighted by Gasteiger charge is 2.29. The molecule has 2 heterocycles. The smallest absolute Gasteiger partial charge is 0.330 e. The molecule has 4 rings (SSSR count). The van der Waals surface area contributed by atoms with Crippen LogP contribution in [0.4, 0.5) is 0 Å². The zero-order chi connectivity index (χ0) is 25.8. The van der Waals surface area contributed by atoms with Crippen LogP contribution in [0, 0.1) is 13.8 Å². The number of amides is 1. The van der Waals surface area contributed by atoms with Gasteiger partial charge in [0.25, 0.3) is 5.91 Å². The van der Waals surface area contributed by atoms with Crippen LogP contribution in [0.15, 0.2) is 65.5 Å². The monoisotopic (exact) mass is 541 g/mol. The van der Waals surface area contributed by atoms with Gasteiger partial charge in [0, 0.05) is 17.8 Å². The minimum atomic E-state index is -0.363. The van der Waals surface area contributed by atoms with Crippen molar-refractivity contribution in [2.45, 2.75) is 46.2 Å². The van der Waals surface area contributed by atoms with Gasteiger partial charge in [-0.3, -0.25) is 9.36 Å². The second-order valence-corrected chi connectivity index (χ2v) is 9.43.